The number of hydrogen-bond donors (Lipinski definition) is 0. The molecule has 0 radical (unpaired) electrons. The number of aromatic nitrogens is 6. The Hall–Kier alpha value is -5.82. The molecule has 408 valence electrons. The minimum Gasteiger partial charge on any atom is -0.491 e. The van der Waals surface area contributed by atoms with Gasteiger partial charge in [0.2, 0.25) is 0 Å². The predicted octanol–water partition coefficient (Wildman–Crippen LogP) is 15.2. The van der Waals surface area contributed by atoms with Crippen LogP contribution in [0.3, 0.4) is 0 Å². The lowest BCUT2D eigenvalue weighted by Crippen LogP contribution is -2.07. The average molecular weight is 1030 g/mol. The molecular formula is C63H90N6O6. The Kier molecular flexibility index (Phi) is 33.3. The second kappa shape index (κ2) is 40.5. The molecule has 0 saturated carbocycles. The Balaban J connectivity index is 0.000000244. The van der Waals surface area contributed by atoms with Crippen molar-refractivity contribution in [2.75, 3.05) is 59.5 Å². The number of nitrogens with zero attached hydrogens (tertiary/aromatic N) is 6. The monoisotopic (exact) mass is 1030 g/mol. The zero-order chi connectivity index (χ0) is 53.2. The van der Waals surface area contributed by atoms with Crippen LogP contribution in [0.2, 0.25) is 0 Å². The second-order valence-corrected chi connectivity index (χ2v) is 18.6. The van der Waals surface area contributed by atoms with Gasteiger partial charge in [-0.1, -0.05) is 99.3 Å². The third-order valence-corrected chi connectivity index (χ3v) is 11.9. The summed E-state index contributed by atoms with van der Waals surface area (Å²) in [6, 6.07) is 23.7. The summed E-state index contributed by atoms with van der Waals surface area (Å²) in [5, 5.41) is 0. The SMILES string of the molecule is CCCCCCCc1cnc(-c2ccc(OCCOCCC)cc2)nc1.CCCCCCc1cnc(-c2ccc(OCCOCCC)cc2)nc1.CCCCCc1cnc(-c2ccc(OCCOCCC)cc2)nc1. The maximum absolute atomic E-state index is 5.67. The lowest BCUT2D eigenvalue weighted by atomic mass is 10.1. The molecule has 0 atom stereocenters. The topological polar surface area (TPSA) is 133 Å². The highest BCUT2D eigenvalue weighted by Gasteiger charge is 2.07. The number of ether oxygens (including phenoxy) is 6. The molecular weight excluding hydrogens is 937 g/mol. The summed E-state index contributed by atoms with van der Waals surface area (Å²) >= 11 is 0. The molecule has 0 aliphatic heterocycles. The maximum atomic E-state index is 5.67. The van der Waals surface area contributed by atoms with Crippen LogP contribution < -0.4 is 14.2 Å². The molecule has 6 aromatic rings. The van der Waals surface area contributed by atoms with Crippen molar-refractivity contribution in [2.24, 2.45) is 0 Å². The molecule has 12 heteroatoms. The van der Waals surface area contributed by atoms with Crippen LogP contribution in [0, 0.1) is 0 Å². The predicted molar refractivity (Wildman–Crippen MR) is 306 cm³/mol. The van der Waals surface area contributed by atoms with Gasteiger partial charge in [0.25, 0.3) is 0 Å². The molecule has 3 aromatic carbocycles. The van der Waals surface area contributed by atoms with Crippen LogP contribution in [0.4, 0.5) is 0 Å². The van der Waals surface area contributed by atoms with Crippen LogP contribution in [-0.4, -0.2) is 89.4 Å². The zero-order valence-electron chi connectivity index (χ0n) is 46.6. The first-order valence-electron chi connectivity index (χ1n) is 28.4. The second-order valence-electron chi connectivity index (χ2n) is 18.6. The van der Waals surface area contributed by atoms with Gasteiger partial charge in [0.05, 0.1) is 19.8 Å². The highest BCUT2D eigenvalue weighted by atomic mass is 16.5. The first kappa shape index (κ1) is 61.7. The van der Waals surface area contributed by atoms with Crippen molar-refractivity contribution >= 4 is 0 Å². The zero-order valence-corrected chi connectivity index (χ0v) is 46.6. The normalized spacial score (nSPS) is 10.8. The van der Waals surface area contributed by atoms with E-state index < -0.39 is 0 Å². The van der Waals surface area contributed by atoms with Gasteiger partial charge in [-0.25, -0.2) is 29.9 Å². The van der Waals surface area contributed by atoms with Crippen molar-refractivity contribution in [3.05, 3.63) is 127 Å². The van der Waals surface area contributed by atoms with Crippen LogP contribution in [0.25, 0.3) is 34.2 Å². The summed E-state index contributed by atoms with van der Waals surface area (Å²) in [6.45, 7) is 18.9. The van der Waals surface area contributed by atoms with Crippen LogP contribution in [-0.2, 0) is 33.5 Å². The Labute approximate surface area is 451 Å². The van der Waals surface area contributed by atoms with Gasteiger partial charge in [-0.15, -0.1) is 0 Å². The molecule has 12 nitrogen and oxygen atoms in total. The quantitative estimate of drug-likeness (QED) is 0.0347. The fourth-order valence-corrected chi connectivity index (χ4v) is 7.66. The largest absolute Gasteiger partial charge is 0.491 e. The number of aryl methyl sites for hydroxylation is 3. The fraction of sp³-hybridized carbons (Fsp3) is 0.524. The molecule has 0 bridgehead atoms. The third-order valence-electron chi connectivity index (χ3n) is 11.9. The summed E-state index contributed by atoms with van der Waals surface area (Å²) < 4.78 is 33.2. The molecule has 3 heterocycles. The molecule has 0 aliphatic carbocycles. The van der Waals surface area contributed by atoms with E-state index in [9.17, 15) is 0 Å². The lowest BCUT2D eigenvalue weighted by molar-refractivity contribution is 0.101. The number of benzene rings is 3. The van der Waals surface area contributed by atoms with E-state index in [4.69, 9.17) is 28.4 Å². The van der Waals surface area contributed by atoms with Crippen molar-refractivity contribution in [2.45, 2.75) is 157 Å². The van der Waals surface area contributed by atoms with Gasteiger partial charge in [-0.2, -0.15) is 0 Å². The van der Waals surface area contributed by atoms with Crippen molar-refractivity contribution in [1.82, 2.24) is 29.9 Å². The Morgan fingerprint density at radius 1 is 0.267 bits per heavy atom. The fourth-order valence-electron chi connectivity index (χ4n) is 7.66. The molecule has 3 aromatic heterocycles. The average Bonchev–Trinajstić information content (AvgIpc) is 3.45. The van der Waals surface area contributed by atoms with Crippen LogP contribution in [0.15, 0.2) is 110 Å². The summed E-state index contributed by atoms with van der Waals surface area (Å²) in [4.78, 5) is 27.0. The van der Waals surface area contributed by atoms with Crippen molar-refractivity contribution < 1.29 is 28.4 Å². The summed E-state index contributed by atoms with van der Waals surface area (Å²) in [6.07, 6.45) is 33.2. The van der Waals surface area contributed by atoms with Crippen molar-refractivity contribution in [1.29, 1.82) is 0 Å². The molecule has 6 rings (SSSR count). The van der Waals surface area contributed by atoms with E-state index in [2.05, 4.69) is 71.4 Å². The van der Waals surface area contributed by atoms with E-state index in [1.165, 1.54) is 93.7 Å². The molecule has 0 N–H and O–H groups in total. The molecule has 0 spiro atoms. The van der Waals surface area contributed by atoms with Crippen LogP contribution in [0.5, 0.6) is 17.2 Å². The molecule has 0 aliphatic rings. The van der Waals surface area contributed by atoms with Gasteiger partial charge >= 0.3 is 0 Å². The maximum Gasteiger partial charge on any atom is 0.159 e. The molecule has 75 heavy (non-hydrogen) atoms. The lowest BCUT2D eigenvalue weighted by Gasteiger charge is -2.07. The first-order chi connectivity index (χ1) is 37.0. The van der Waals surface area contributed by atoms with Gasteiger partial charge in [-0.3, -0.25) is 0 Å². The number of rotatable bonds is 36. The first-order valence-corrected chi connectivity index (χ1v) is 28.4. The van der Waals surface area contributed by atoms with Crippen molar-refractivity contribution in [3.8, 4) is 51.4 Å². The molecule has 0 saturated heterocycles. The summed E-state index contributed by atoms with van der Waals surface area (Å²) in [5.74, 6) is 4.81. The number of hydrogen-bond acceptors (Lipinski definition) is 12. The van der Waals surface area contributed by atoms with Gasteiger partial charge in [0.15, 0.2) is 17.5 Å². The van der Waals surface area contributed by atoms with Crippen LogP contribution >= 0.6 is 0 Å². The van der Waals surface area contributed by atoms with Gasteiger partial charge in [0, 0.05) is 73.7 Å². The minimum absolute atomic E-state index is 0.572. The van der Waals surface area contributed by atoms with E-state index in [0.717, 1.165) is 110 Å². The van der Waals surface area contributed by atoms with Crippen molar-refractivity contribution in [3.63, 3.8) is 0 Å². The van der Waals surface area contributed by atoms with E-state index in [0.29, 0.717) is 39.6 Å². The Morgan fingerprint density at radius 2 is 0.520 bits per heavy atom. The number of unbranched alkanes of at least 4 members (excludes halogenated alkanes) is 9. The Morgan fingerprint density at radius 3 is 0.800 bits per heavy atom. The van der Waals surface area contributed by atoms with Gasteiger partial charge < -0.3 is 28.4 Å². The minimum atomic E-state index is 0.572. The standard InChI is InChI=1S/C22H32N2O2.C21H30N2O2.C20H28N2O2/c1-3-5-6-7-8-9-19-17-23-22(24-18-19)20-10-12-21(13-11-20)26-16-15-25-14-4-2;1-3-5-6-7-8-18-16-22-21(23-17-18)19-9-11-20(12-10-19)25-15-14-24-13-4-2;1-3-5-6-7-17-15-21-20(22-16-17)18-8-10-19(11-9-18)24-14-13-23-12-4-2/h10-13,17-18H,3-9,14-16H2,1-2H3;9-12,16-17H,3-8,13-15H2,1-2H3;8-11,15-16H,3-7,12-14H2,1-2H3. The summed E-state index contributed by atoms with van der Waals surface area (Å²) in [7, 11) is 0. The third kappa shape index (κ3) is 27.0. The van der Waals surface area contributed by atoms with E-state index >= 15 is 0 Å². The van der Waals surface area contributed by atoms with E-state index in [1.807, 2.05) is 110 Å². The van der Waals surface area contributed by atoms with Crippen LogP contribution in [0.1, 0.15) is 155 Å². The molecule has 0 fully saturated rings. The van der Waals surface area contributed by atoms with E-state index in [1.54, 1.807) is 0 Å². The highest BCUT2D eigenvalue weighted by molar-refractivity contribution is 5.57. The molecule has 0 unspecified atom stereocenters. The Bertz CT molecular complexity index is 2210. The molecule has 0 amide bonds. The van der Waals surface area contributed by atoms with Gasteiger partial charge in [0.1, 0.15) is 37.1 Å². The smallest absolute Gasteiger partial charge is 0.159 e. The van der Waals surface area contributed by atoms with E-state index in [-0.39, 0.29) is 0 Å². The van der Waals surface area contributed by atoms with Gasteiger partial charge in [-0.05, 0) is 147 Å². The highest BCUT2D eigenvalue weighted by Crippen LogP contribution is 2.23. The summed E-state index contributed by atoms with van der Waals surface area (Å²) in [5.41, 5.74) is 6.66.